The number of hydrogen-bond donors (Lipinski definition) is 1. The van der Waals surface area contributed by atoms with Gasteiger partial charge in [-0.3, -0.25) is 4.79 Å². The van der Waals surface area contributed by atoms with Crippen LogP contribution in [-0.2, 0) is 11.3 Å². The molecule has 0 aliphatic heterocycles. The van der Waals surface area contributed by atoms with Crippen LogP contribution in [0.2, 0.25) is 0 Å². The number of hydrazone groups is 1. The maximum atomic E-state index is 13.7. The van der Waals surface area contributed by atoms with Gasteiger partial charge in [0, 0.05) is 22.1 Å². The fraction of sp³-hybridized carbons (Fsp3) is 0.200. The van der Waals surface area contributed by atoms with Gasteiger partial charge in [0.25, 0.3) is 5.91 Å². The van der Waals surface area contributed by atoms with E-state index < -0.39 is 5.82 Å². The summed E-state index contributed by atoms with van der Waals surface area (Å²) in [5.41, 5.74) is 3.57. The molecule has 0 atom stereocenters. The molecule has 10 heteroatoms. The number of carbonyl (C=O) groups is 1. The van der Waals surface area contributed by atoms with E-state index in [0.717, 1.165) is 15.8 Å². The van der Waals surface area contributed by atoms with Gasteiger partial charge in [-0.15, -0.1) is 10.2 Å². The number of benzene rings is 2. The highest BCUT2D eigenvalue weighted by atomic mass is 79.9. The lowest BCUT2D eigenvalue weighted by Crippen LogP contribution is -2.20. The molecule has 0 radical (unpaired) electrons. The number of halogens is 2. The zero-order valence-corrected chi connectivity index (χ0v) is 18.7. The van der Waals surface area contributed by atoms with E-state index in [2.05, 4.69) is 36.7 Å². The summed E-state index contributed by atoms with van der Waals surface area (Å²) in [5, 5.41) is 12.9. The first-order chi connectivity index (χ1) is 14.5. The molecular formula is C20H19BrFN5O2S. The van der Waals surface area contributed by atoms with Crippen LogP contribution >= 0.6 is 27.7 Å². The van der Waals surface area contributed by atoms with Crippen molar-refractivity contribution in [1.29, 1.82) is 0 Å². The molecule has 1 N–H and O–H groups in total. The summed E-state index contributed by atoms with van der Waals surface area (Å²) in [4.78, 5) is 12.1. The predicted molar refractivity (Wildman–Crippen MR) is 118 cm³/mol. The van der Waals surface area contributed by atoms with Crippen molar-refractivity contribution >= 4 is 39.8 Å². The molecule has 7 nitrogen and oxygen atoms in total. The van der Waals surface area contributed by atoms with Crippen LogP contribution in [0.25, 0.3) is 11.4 Å². The highest BCUT2D eigenvalue weighted by Gasteiger charge is 2.14. The van der Waals surface area contributed by atoms with Crippen LogP contribution in [0.4, 0.5) is 4.39 Å². The summed E-state index contributed by atoms with van der Waals surface area (Å²) in [7, 11) is 1.61. The Bertz CT molecular complexity index is 1060. The molecule has 0 spiro atoms. The largest absolute Gasteiger partial charge is 0.497 e. The number of aromatic nitrogens is 3. The number of hydrogen-bond acceptors (Lipinski definition) is 6. The summed E-state index contributed by atoms with van der Waals surface area (Å²) in [5.74, 6) is 0.817. The van der Waals surface area contributed by atoms with E-state index in [1.54, 1.807) is 19.2 Å². The average molecular weight is 492 g/mol. The minimum atomic E-state index is -0.423. The smallest absolute Gasteiger partial charge is 0.250 e. The third kappa shape index (κ3) is 5.45. The van der Waals surface area contributed by atoms with Crippen molar-refractivity contribution in [1.82, 2.24) is 20.2 Å². The van der Waals surface area contributed by atoms with E-state index in [1.165, 1.54) is 24.0 Å². The Morgan fingerprint density at radius 2 is 2.07 bits per heavy atom. The Labute approximate surface area is 185 Å². The quantitative estimate of drug-likeness (QED) is 0.291. The molecule has 1 aromatic heterocycles. The molecule has 30 heavy (non-hydrogen) atoms. The van der Waals surface area contributed by atoms with Gasteiger partial charge in [-0.1, -0.05) is 27.7 Å². The van der Waals surface area contributed by atoms with Gasteiger partial charge in [-0.2, -0.15) is 5.10 Å². The van der Waals surface area contributed by atoms with Gasteiger partial charge in [-0.25, -0.2) is 9.82 Å². The second-order valence-electron chi connectivity index (χ2n) is 6.03. The van der Waals surface area contributed by atoms with Gasteiger partial charge in [-0.05, 0) is 49.4 Å². The van der Waals surface area contributed by atoms with Gasteiger partial charge in [0.2, 0.25) is 0 Å². The van der Waals surface area contributed by atoms with Crippen LogP contribution in [0.3, 0.4) is 0 Å². The van der Waals surface area contributed by atoms with E-state index in [4.69, 9.17) is 4.74 Å². The van der Waals surface area contributed by atoms with Crippen LogP contribution in [0, 0.1) is 5.82 Å². The Balaban J connectivity index is 1.61. The Hall–Kier alpha value is -2.72. The van der Waals surface area contributed by atoms with E-state index in [9.17, 15) is 9.18 Å². The fourth-order valence-electron chi connectivity index (χ4n) is 2.58. The number of ether oxygens (including phenoxy) is 1. The van der Waals surface area contributed by atoms with E-state index in [-0.39, 0.29) is 17.2 Å². The lowest BCUT2D eigenvalue weighted by atomic mass is 10.2. The summed E-state index contributed by atoms with van der Waals surface area (Å²) in [6, 6.07) is 12.0. The molecule has 0 unspecified atom stereocenters. The average Bonchev–Trinajstić information content (AvgIpc) is 3.17. The summed E-state index contributed by atoms with van der Waals surface area (Å²) >= 11 is 4.52. The fourth-order valence-corrected chi connectivity index (χ4v) is 3.76. The van der Waals surface area contributed by atoms with Crippen LogP contribution in [0.1, 0.15) is 12.5 Å². The van der Waals surface area contributed by atoms with E-state index in [0.29, 0.717) is 17.5 Å². The Morgan fingerprint density at radius 3 is 2.77 bits per heavy atom. The van der Waals surface area contributed by atoms with Crippen molar-refractivity contribution < 1.29 is 13.9 Å². The van der Waals surface area contributed by atoms with Gasteiger partial charge < -0.3 is 9.30 Å². The predicted octanol–water partition coefficient (Wildman–Crippen LogP) is 4.12. The zero-order chi connectivity index (χ0) is 21.5. The van der Waals surface area contributed by atoms with Gasteiger partial charge in [0.05, 0.1) is 19.1 Å². The number of methoxy groups -OCH3 is 1. The lowest BCUT2D eigenvalue weighted by molar-refractivity contribution is -0.118. The SMILES string of the molecule is CCn1c(SCC(=O)N/N=C/c2cc(Br)ccc2F)nnc1-c1ccc(OC)cc1. The van der Waals surface area contributed by atoms with Crippen molar-refractivity contribution in [2.24, 2.45) is 5.10 Å². The lowest BCUT2D eigenvalue weighted by Gasteiger charge is -2.07. The first-order valence-electron chi connectivity index (χ1n) is 8.99. The monoisotopic (exact) mass is 491 g/mol. The molecular weight excluding hydrogens is 473 g/mol. The van der Waals surface area contributed by atoms with Crippen molar-refractivity contribution in [2.75, 3.05) is 12.9 Å². The van der Waals surface area contributed by atoms with Gasteiger partial charge >= 0.3 is 0 Å². The number of rotatable bonds is 8. The van der Waals surface area contributed by atoms with Crippen molar-refractivity contribution in [3.8, 4) is 17.1 Å². The molecule has 0 fully saturated rings. The summed E-state index contributed by atoms with van der Waals surface area (Å²) < 4.78 is 21.5. The number of thioether (sulfide) groups is 1. The highest BCUT2D eigenvalue weighted by molar-refractivity contribution is 9.10. The third-order valence-corrected chi connectivity index (χ3v) is 5.52. The first kappa shape index (κ1) is 22.0. The van der Waals surface area contributed by atoms with Crippen LogP contribution < -0.4 is 10.2 Å². The highest BCUT2D eigenvalue weighted by Crippen LogP contribution is 2.25. The molecule has 0 aliphatic rings. The van der Waals surface area contributed by atoms with Crippen molar-refractivity contribution in [3.63, 3.8) is 0 Å². The minimum Gasteiger partial charge on any atom is -0.497 e. The molecule has 2 aromatic carbocycles. The van der Waals surface area contributed by atoms with Crippen molar-refractivity contribution in [2.45, 2.75) is 18.6 Å². The molecule has 0 aliphatic carbocycles. The molecule has 0 saturated carbocycles. The van der Waals surface area contributed by atoms with Gasteiger partial charge in [0.1, 0.15) is 11.6 Å². The number of nitrogens with zero attached hydrogens (tertiary/aromatic N) is 4. The molecule has 3 rings (SSSR count). The summed E-state index contributed by atoms with van der Waals surface area (Å²) in [6.45, 7) is 2.63. The standard InChI is InChI=1S/C20H19BrFN5O2S/c1-3-27-19(13-4-7-16(29-2)8-5-13)25-26-20(27)30-12-18(28)24-23-11-14-10-15(21)6-9-17(14)22/h4-11H,3,12H2,1-2H3,(H,24,28)/b23-11+. The van der Waals surface area contributed by atoms with Crippen molar-refractivity contribution in [3.05, 3.63) is 58.3 Å². The molecule has 3 aromatic rings. The number of nitrogens with one attached hydrogen (secondary N) is 1. The Morgan fingerprint density at radius 1 is 1.30 bits per heavy atom. The van der Waals surface area contributed by atoms with Crippen LogP contribution in [0.5, 0.6) is 5.75 Å². The molecule has 156 valence electrons. The van der Waals surface area contributed by atoms with Crippen LogP contribution in [0.15, 0.2) is 57.2 Å². The molecule has 1 heterocycles. The third-order valence-electron chi connectivity index (χ3n) is 4.06. The molecule has 0 bridgehead atoms. The normalized spacial score (nSPS) is 11.1. The second-order valence-corrected chi connectivity index (χ2v) is 7.88. The maximum Gasteiger partial charge on any atom is 0.250 e. The second kappa shape index (κ2) is 10.4. The summed E-state index contributed by atoms with van der Waals surface area (Å²) in [6.07, 6.45) is 1.26. The Kier molecular flexibility index (Phi) is 7.58. The van der Waals surface area contributed by atoms with Gasteiger partial charge in [0.15, 0.2) is 11.0 Å². The zero-order valence-electron chi connectivity index (χ0n) is 16.3. The van der Waals surface area contributed by atoms with E-state index in [1.807, 2.05) is 35.8 Å². The first-order valence-corrected chi connectivity index (χ1v) is 10.8. The maximum absolute atomic E-state index is 13.7. The molecule has 1 amide bonds. The van der Waals surface area contributed by atoms with E-state index >= 15 is 0 Å². The number of amides is 1. The van der Waals surface area contributed by atoms with Crippen LogP contribution in [-0.4, -0.2) is 39.7 Å². The minimum absolute atomic E-state index is 0.0963. The molecule has 0 saturated heterocycles. The topological polar surface area (TPSA) is 81.4 Å². The number of carbonyl (C=O) groups excluding carboxylic acids is 1.